The second-order valence-electron chi connectivity index (χ2n) is 12.3. The molecule has 1 saturated heterocycles. The number of carbonyl (C=O) groups is 2. The molecule has 4 aliphatic carbocycles. The third kappa shape index (κ3) is 2.87. The summed E-state index contributed by atoms with van der Waals surface area (Å²) in [5, 5.41) is 0. The molecule has 1 aliphatic heterocycles. The third-order valence-corrected chi connectivity index (χ3v) is 10.5. The summed E-state index contributed by atoms with van der Waals surface area (Å²) in [6.07, 6.45) is 8.66. The number of carbonyl (C=O) groups excluding carboxylic acids is 2. The molecule has 0 aromatic carbocycles. The zero-order valence-corrected chi connectivity index (χ0v) is 20.2. The van der Waals surface area contributed by atoms with Crippen LogP contribution in [-0.2, 0) is 23.8 Å². The summed E-state index contributed by atoms with van der Waals surface area (Å²) in [5.74, 6) is 1.71. The van der Waals surface area contributed by atoms with Crippen LogP contribution >= 0.6 is 0 Å². The number of fused-ring (bicyclic) bond motifs is 7. The van der Waals surface area contributed by atoms with Gasteiger partial charge in [-0.1, -0.05) is 13.8 Å². The maximum atomic E-state index is 13.1. The van der Waals surface area contributed by atoms with Crippen molar-refractivity contribution >= 4 is 11.8 Å². The van der Waals surface area contributed by atoms with E-state index in [0.29, 0.717) is 29.1 Å². The summed E-state index contributed by atoms with van der Waals surface area (Å²) < 4.78 is 18.5. The van der Waals surface area contributed by atoms with Gasteiger partial charge in [0.05, 0.1) is 6.10 Å². The minimum atomic E-state index is -0.795. The lowest BCUT2D eigenvalue weighted by atomic mass is 9.44. The molecular formula is C26H40O5. The van der Waals surface area contributed by atoms with Gasteiger partial charge in [0.25, 0.3) is 0 Å². The van der Waals surface area contributed by atoms with Gasteiger partial charge < -0.3 is 14.2 Å². The summed E-state index contributed by atoms with van der Waals surface area (Å²) in [6.45, 7) is 12.0. The van der Waals surface area contributed by atoms with Crippen molar-refractivity contribution in [3.05, 3.63) is 0 Å². The van der Waals surface area contributed by atoms with Gasteiger partial charge in [0.1, 0.15) is 6.10 Å². The number of hydrogen-bond acceptors (Lipinski definition) is 5. The Labute approximate surface area is 186 Å². The molecule has 5 heteroatoms. The molecule has 1 heterocycles. The Hall–Kier alpha value is -0.940. The van der Waals surface area contributed by atoms with Crippen LogP contribution in [0.3, 0.4) is 0 Å². The molecule has 174 valence electrons. The SMILES string of the molecule is CC(=O)O[C@H]1CC[C@@]2(C)[C@@H](CC[C@H]3[C@H]2CC[C@@]2(C)[C@H]3C[C@@H]3OC(C)(C)O[C@]32C(C)=O)C1. The van der Waals surface area contributed by atoms with Gasteiger partial charge in [0, 0.05) is 12.3 Å². The normalized spacial score (nSPS) is 52.5. The molecular weight excluding hydrogens is 392 g/mol. The Bertz CT molecular complexity index is 791. The summed E-state index contributed by atoms with van der Waals surface area (Å²) in [7, 11) is 0. The molecule has 0 spiro atoms. The molecule has 0 radical (unpaired) electrons. The minimum Gasteiger partial charge on any atom is -0.463 e. The number of esters is 1. The molecule has 4 saturated carbocycles. The molecule has 0 aromatic heterocycles. The van der Waals surface area contributed by atoms with Crippen molar-refractivity contribution in [1.82, 2.24) is 0 Å². The van der Waals surface area contributed by atoms with Crippen molar-refractivity contribution in [2.45, 2.75) is 117 Å². The van der Waals surface area contributed by atoms with Crippen LogP contribution in [0.1, 0.15) is 92.9 Å². The fraction of sp³-hybridized carbons (Fsp3) is 0.923. The van der Waals surface area contributed by atoms with Gasteiger partial charge in [-0.25, -0.2) is 0 Å². The molecule has 5 aliphatic rings. The van der Waals surface area contributed by atoms with Crippen molar-refractivity contribution in [1.29, 1.82) is 0 Å². The minimum absolute atomic E-state index is 0.0943. The summed E-state index contributed by atoms with van der Waals surface area (Å²) in [4.78, 5) is 24.6. The van der Waals surface area contributed by atoms with Crippen LogP contribution in [0.5, 0.6) is 0 Å². The molecule has 0 unspecified atom stereocenters. The highest BCUT2D eigenvalue weighted by Gasteiger charge is 2.75. The van der Waals surface area contributed by atoms with Crippen molar-refractivity contribution in [3.8, 4) is 0 Å². The van der Waals surface area contributed by atoms with Gasteiger partial charge >= 0.3 is 5.97 Å². The fourth-order valence-corrected chi connectivity index (χ4v) is 9.31. The lowest BCUT2D eigenvalue weighted by molar-refractivity contribution is -0.219. The average Bonchev–Trinajstić information content (AvgIpc) is 3.08. The van der Waals surface area contributed by atoms with Gasteiger partial charge in [-0.05, 0) is 101 Å². The van der Waals surface area contributed by atoms with Crippen molar-refractivity contribution in [2.24, 2.45) is 34.5 Å². The molecule has 5 nitrogen and oxygen atoms in total. The lowest BCUT2D eigenvalue weighted by Crippen LogP contribution is -2.60. The zero-order chi connectivity index (χ0) is 22.4. The molecule has 5 rings (SSSR count). The number of rotatable bonds is 2. The van der Waals surface area contributed by atoms with Crippen LogP contribution in [-0.4, -0.2) is 35.3 Å². The second kappa shape index (κ2) is 6.79. The maximum absolute atomic E-state index is 13.1. The molecule has 31 heavy (non-hydrogen) atoms. The Morgan fingerprint density at radius 2 is 1.65 bits per heavy atom. The predicted molar refractivity (Wildman–Crippen MR) is 116 cm³/mol. The molecule has 0 bridgehead atoms. The molecule has 0 N–H and O–H groups in total. The number of ether oxygens (including phenoxy) is 3. The van der Waals surface area contributed by atoms with E-state index in [-0.39, 0.29) is 29.4 Å². The van der Waals surface area contributed by atoms with Crippen molar-refractivity contribution < 1.29 is 23.8 Å². The van der Waals surface area contributed by atoms with E-state index >= 15 is 0 Å². The van der Waals surface area contributed by atoms with E-state index in [0.717, 1.165) is 38.5 Å². The number of ketones is 1. The number of Topliss-reactive ketones (excluding diaryl/α,β-unsaturated/α-hetero) is 1. The first-order valence-electron chi connectivity index (χ1n) is 12.5. The smallest absolute Gasteiger partial charge is 0.302 e. The van der Waals surface area contributed by atoms with Crippen LogP contribution < -0.4 is 0 Å². The highest BCUT2D eigenvalue weighted by atomic mass is 16.8. The van der Waals surface area contributed by atoms with Crippen molar-refractivity contribution in [3.63, 3.8) is 0 Å². The molecule has 0 amide bonds. The van der Waals surface area contributed by atoms with E-state index in [1.54, 1.807) is 6.92 Å². The van der Waals surface area contributed by atoms with Crippen LogP contribution in [0.4, 0.5) is 0 Å². The van der Waals surface area contributed by atoms with Gasteiger partial charge in [0.15, 0.2) is 17.2 Å². The largest absolute Gasteiger partial charge is 0.463 e. The van der Waals surface area contributed by atoms with Gasteiger partial charge in [-0.3, -0.25) is 9.59 Å². The molecule has 9 atom stereocenters. The first-order chi connectivity index (χ1) is 14.4. The van der Waals surface area contributed by atoms with E-state index in [1.165, 1.54) is 19.8 Å². The van der Waals surface area contributed by atoms with Gasteiger partial charge in [-0.15, -0.1) is 0 Å². The summed E-state index contributed by atoms with van der Waals surface area (Å²) >= 11 is 0. The monoisotopic (exact) mass is 432 g/mol. The van der Waals surface area contributed by atoms with E-state index < -0.39 is 11.4 Å². The zero-order valence-electron chi connectivity index (χ0n) is 20.2. The van der Waals surface area contributed by atoms with E-state index in [9.17, 15) is 9.59 Å². The topological polar surface area (TPSA) is 61.8 Å². The lowest BCUT2D eigenvalue weighted by Gasteiger charge is -2.61. The summed E-state index contributed by atoms with van der Waals surface area (Å²) in [5.41, 5.74) is -0.642. The van der Waals surface area contributed by atoms with Crippen molar-refractivity contribution in [2.75, 3.05) is 0 Å². The van der Waals surface area contributed by atoms with E-state index in [4.69, 9.17) is 14.2 Å². The maximum Gasteiger partial charge on any atom is 0.302 e. The van der Waals surface area contributed by atoms with E-state index in [2.05, 4.69) is 13.8 Å². The summed E-state index contributed by atoms with van der Waals surface area (Å²) in [6, 6.07) is 0. The predicted octanol–water partition coefficient (Wildman–Crippen LogP) is 5.05. The Kier molecular flexibility index (Phi) is 4.79. The first-order valence-corrected chi connectivity index (χ1v) is 12.5. The first kappa shape index (κ1) is 21.9. The van der Waals surface area contributed by atoms with Crippen LogP contribution in [0, 0.1) is 34.5 Å². The fourth-order valence-electron chi connectivity index (χ4n) is 9.31. The Balaban J connectivity index is 1.43. The molecule has 5 fully saturated rings. The van der Waals surface area contributed by atoms with Gasteiger partial charge in [0.2, 0.25) is 0 Å². The van der Waals surface area contributed by atoms with Crippen LogP contribution in [0.15, 0.2) is 0 Å². The standard InChI is InChI=1S/C26H40O5/c1-15(27)26-22(30-23(3,4)31-26)14-21-19-8-7-17-13-18(29-16(2)28)9-11-24(17,5)20(19)10-12-25(21,26)6/h17-22H,7-14H2,1-6H3/t17-,18-,19-,20+,21-,22-,24-,25-,26+/m0/s1. The Morgan fingerprint density at radius 3 is 2.32 bits per heavy atom. The van der Waals surface area contributed by atoms with Crippen LogP contribution in [0.25, 0.3) is 0 Å². The van der Waals surface area contributed by atoms with E-state index in [1.807, 2.05) is 13.8 Å². The second-order valence-corrected chi connectivity index (χ2v) is 12.3. The number of hydrogen-bond donors (Lipinski definition) is 0. The van der Waals surface area contributed by atoms with Crippen LogP contribution in [0.2, 0.25) is 0 Å². The quantitative estimate of drug-likeness (QED) is 0.572. The third-order valence-electron chi connectivity index (χ3n) is 10.5. The van der Waals surface area contributed by atoms with Gasteiger partial charge in [-0.2, -0.15) is 0 Å². The highest BCUT2D eigenvalue weighted by molar-refractivity contribution is 5.88. The Morgan fingerprint density at radius 1 is 0.903 bits per heavy atom. The highest BCUT2D eigenvalue weighted by Crippen LogP contribution is 2.71. The molecule has 0 aromatic rings. The average molecular weight is 433 g/mol.